The molecular weight excluding hydrogens is 648 g/mol. The molecular formula is C38H36O12. The molecule has 0 unspecified atom stereocenters. The Bertz CT molecular complexity index is 1790. The fourth-order valence-corrected chi connectivity index (χ4v) is 6.19. The predicted molar refractivity (Wildman–Crippen MR) is 180 cm³/mol. The van der Waals surface area contributed by atoms with Crippen molar-refractivity contribution in [3.63, 3.8) is 0 Å². The summed E-state index contributed by atoms with van der Waals surface area (Å²) in [5, 5.41) is 63.5. The van der Waals surface area contributed by atoms with Gasteiger partial charge in [-0.2, -0.15) is 0 Å². The summed E-state index contributed by atoms with van der Waals surface area (Å²) in [6, 6.07) is 10.6. The minimum absolute atomic E-state index is 0.142. The Morgan fingerprint density at radius 1 is 0.460 bits per heavy atom. The van der Waals surface area contributed by atoms with Crippen LogP contribution in [-0.4, -0.2) is 67.7 Å². The number of fused-ring (bicyclic) bond motifs is 8. The number of hydrogen-bond donors (Lipinski definition) is 6. The second-order valence-electron chi connectivity index (χ2n) is 12.2. The smallest absolute Gasteiger partial charge is 0.335 e. The zero-order chi connectivity index (χ0) is 36.3. The van der Waals surface area contributed by atoms with Crippen molar-refractivity contribution in [3.05, 3.63) is 115 Å². The summed E-state index contributed by atoms with van der Waals surface area (Å²) < 4.78 is 12.3. The predicted octanol–water partition coefficient (Wildman–Crippen LogP) is 6.14. The maximum atomic E-state index is 12.3. The van der Waals surface area contributed by atoms with Gasteiger partial charge in [-0.05, 0) is 106 Å². The van der Waals surface area contributed by atoms with Gasteiger partial charge in [0.15, 0.2) is 0 Å². The number of phenols is 2. The first-order chi connectivity index (χ1) is 23.8. The summed E-state index contributed by atoms with van der Waals surface area (Å²) in [6.45, 7) is 4.17. The molecule has 0 saturated carbocycles. The number of hydrogen-bond acceptors (Lipinski definition) is 8. The van der Waals surface area contributed by atoms with Crippen LogP contribution < -0.4 is 9.47 Å². The number of ether oxygens (including phenoxy) is 2. The molecule has 6 N–H and O–H groups in total. The van der Waals surface area contributed by atoms with E-state index >= 15 is 0 Å². The van der Waals surface area contributed by atoms with E-state index in [1.165, 1.54) is 48.5 Å². The summed E-state index contributed by atoms with van der Waals surface area (Å²) >= 11 is 0. The Hall–Kier alpha value is -6.04. The fourth-order valence-electron chi connectivity index (χ4n) is 6.19. The molecule has 1 aliphatic rings. The van der Waals surface area contributed by atoms with Gasteiger partial charge < -0.3 is 40.1 Å². The van der Waals surface area contributed by atoms with Crippen molar-refractivity contribution in [2.24, 2.45) is 0 Å². The van der Waals surface area contributed by atoms with Crippen LogP contribution in [0.4, 0.5) is 0 Å². The lowest BCUT2D eigenvalue weighted by atomic mass is 9.88. The van der Waals surface area contributed by atoms with E-state index in [0.717, 1.165) is 0 Å². The van der Waals surface area contributed by atoms with Crippen LogP contribution in [-0.2, 0) is 25.7 Å². The van der Waals surface area contributed by atoms with Gasteiger partial charge in [0.1, 0.15) is 23.0 Å². The first-order valence-corrected chi connectivity index (χ1v) is 16.0. The Labute approximate surface area is 286 Å². The molecule has 4 aromatic carbocycles. The summed E-state index contributed by atoms with van der Waals surface area (Å²) in [6.07, 6.45) is 0.480. The van der Waals surface area contributed by atoms with Crippen LogP contribution in [0.3, 0.4) is 0 Å². The average molecular weight is 685 g/mol. The highest BCUT2D eigenvalue weighted by atomic mass is 16.5. The van der Waals surface area contributed by atoms with Gasteiger partial charge in [0, 0.05) is 25.7 Å². The minimum atomic E-state index is -1.28. The van der Waals surface area contributed by atoms with Crippen molar-refractivity contribution in [2.75, 3.05) is 13.2 Å². The van der Waals surface area contributed by atoms with Gasteiger partial charge in [0.2, 0.25) is 0 Å². The summed E-state index contributed by atoms with van der Waals surface area (Å²) in [5.41, 5.74) is 1.19. The van der Waals surface area contributed by atoms with Crippen LogP contribution in [0.15, 0.2) is 48.5 Å². The molecule has 4 aromatic rings. The van der Waals surface area contributed by atoms with E-state index in [0.29, 0.717) is 35.1 Å². The highest BCUT2D eigenvalue weighted by molar-refractivity contribution is 5.91. The molecule has 50 heavy (non-hydrogen) atoms. The third-order valence-corrected chi connectivity index (χ3v) is 8.43. The molecule has 12 heteroatoms. The number of carboxylic acids is 4. The number of rotatable bonds is 10. The third-order valence-electron chi connectivity index (χ3n) is 8.43. The van der Waals surface area contributed by atoms with Crippen LogP contribution in [0.25, 0.3) is 0 Å². The molecule has 1 aliphatic carbocycles. The van der Waals surface area contributed by atoms with Gasteiger partial charge in [-0.15, -0.1) is 0 Å². The highest BCUT2D eigenvalue weighted by Gasteiger charge is 2.25. The molecule has 5 rings (SSSR count). The zero-order valence-corrected chi connectivity index (χ0v) is 27.4. The molecule has 0 aromatic heterocycles. The Morgan fingerprint density at radius 2 is 0.680 bits per heavy atom. The molecule has 0 saturated heterocycles. The molecule has 0 heterocycles. The van der Waals surface area contributed by atoms with Crippen LogP contribution >= 0.6 is 0 Å². The fraction of sp³-hybridized carbons (Fsp3) is 0.263. The van der Waals surface area contributed by atoms with Gasteiger partial charge in [-0.1, -0.05) is 13.8 Å². The first-order valence-electron chi connectivity index (χ1n) is 16.0. The monoisotopic (exact) mass is 684 g/mol. The van der Waals surface area contributed by atoms with Crippen molar-refractivity contribution < 1.29 is 59.3 Å². The SMILES string of the molecule is CCCOc1c2cc(C(=O)O)cc1Cc1cc(C(=O)O)cc(c1O)Cc1cc(C(=O)O)cc(c1OCCC)Cc1cc(C(=O)O)cc(c1O)C2. The Balaban J connectivity index is 1.90. The van der Waals surface area contributed by atoms with E-state index in [2.05, 4.69) is 0 Å². The van der Waals surface area contributed by atoms with Crippen molar-refractivity contribution >= 4 is 23.9 Å². The van der Waals surface area contributed by atoms with Gasteiger partial charge in [-0.25, -0.2) is 19.2 Å². The summed E-state index contributed by atoms with van der Waals surface area (Å²) in [5.74, 6) is -5.16. The van der Waals surface area contributed by atoms with Crippen molar-refractivity contribution in [3.8, 4) is 23.0 Å². The van der Waals surface area contributed by atoms with Gasteiger partial charge in [0.05, 0.1) is 35.5 Å². The second kappa shape index (κ2) is 14.6. The van der Waals surface area contributed by atoms with Crippen molar-refractivity contribution in [2.45, 2.75) is 52.4 Å². The number of carbonyl (C=O) groups is 4. The molecule has 0 aliphatic heterocycles. The van der Waals surface area contributed by atoms with Crippen LogP contribution in [0.5, 0.6) is 23.0 Å². The average Bonchev–Trinajstić information content (AvgIpc) is 3.06. The van der Waals surface area contributed by atoms with Crippen molar-refractivity contribution in [1.82, 2.24) is 0 Å². The number of phenolic OH excluding ortho intramolecular Hbond substituents is 2. The second-order valence-corrected chi connectivity index (χ2v) is 12.2. The largest absolute Gasteiger partial charge is 0.507 e. The zero-order valence-electron chi connectivity index (χ0n) is 27.4. The lowest BCUT2D eigenvalue weighted by Gasteiger charge is -2.22. The van der Waals surface area contributed by atoms with Gasteiger partial charge in [0.25, 0.3) is 0 Å². The van der Waals surface area contributed by atoms with E-state index in [-0.39, 0.29) is 106 Å². The normalized spacial score (nSPS) is 12.2. The molecule has 0 fully saturated rings. The molecule has 0 radical (unpaired) electrons. The molecule has 12 nitrogen and oxygen atoms in total. The van der Waals surface area contributed by atoms with Crippen LogP contribution in [0, 0.1) is 0 Å². The summed E-state index contributed by atoms with van der Waals surface area (Å²) in [7, 11) is 0. The van der Waals surface area contributed by atoms with E-state index in [1.54, 1.807) is 0 Å². The number of benzene rings is 4. The number of carboxylic acid groups (broad SMARTS) is 4. The van der Waals surface area contributed by atoms with E-state index in [9.17, 15) is 49.8 Å². The van der Waals surface area contributed by atoms with Crippen LogP contribution in [0.2, 0.25) is 0 Å². The molecule has 8 bridgehead atoms. The Morgan fingerprint density at radius 3 is 0.880 bits per heavy atom. The highest BCUT2D eigenvalue weighted by Crippen LogP contribution is 2.40. The minimum Gasteiger partial charge on any atom is -0.507 e. The van der Waals surface area contributed by atoms with E-state index in [4.69, 9.17) is 9.47 Å². The topological polar surface area (TPSA) is 208 Å². The third kappa shape index (κ3) is 7.34. The Kier molecular flexibility index (Phi) is 10.3. The standard InChI is InChI=1S/C38H36O12/c1-3-5-49-33-23-7-19-11-27(35(41)42)13-21(31(19)39)9-25-17-30(38(47)48)18-26(34(25)50-6-4-2)10-22-14-28(36(43)44)12-20(32(22)40)8-24(33)16-29(15-23)37(45)46/h11-18,39-40H,3-10H2,1-2H3,(H,41,42)(H,43,44)(H,45,46)(H,47,48). The molecule has 0 spiro atoms. The first kappa shape index (κ1) is 35.3. The number of aromatic hydroxyl groups is 2. The lowest BCUT2D eigenvalue weighted by Crippen LogP contribution is -2.11. The molecule has 0 amide bonds. The van der Waals surface area contributed by atoms with Gasteiger partial charge >= 0.3 is 23.9 Å². The van der Waals surface area contributed by atoms with Crippen molar-refractivity contribution in [1.29, 1.82) is 0 Å². The lowest BCUT2D eigenvalue weighted by molar-refractivity contribution is 0.0685. The van der Waals surface area contributed by atoms with Crippen LogP contribution in [0.1, 0.15) is 113 Å². The molecule has 260 valence electrons. The quantitative estimate of drug-likeness (QED) is 0.0980. The number of aromatic carboxylic acids is 4. The maximum Gasteiger partial charge on any atom is 0.335 e. The summed E-state index contributed by atoms with van der Waals surface area (Å²) in [4.78, 5) is 49.3. The van der Waals surface area contributed by atoms with Gasteiger partial charge in [-0.3, -0.25) is 0 Å². The van der Waals surface area contributed by atoms with E-state index < -0.39 is 23.9 Å². The molecule has 0 atom stereocenters. The van der Waals surface area contributed by atoms with E-state index in [1.807, 2.05) is 13.8 Å². The maximum absolute atomic E-state index is 12.3.